The van der Waals surface area contributed by atoms with Crippen LogP contribution in [0.25, 0.3) is 11.3 Å². The van der Waals surface area contributed by atoms with Crippen LogP contribution in [0.3, 0.4) is 0 Å². The number of carbonyl (C=O) groups is 1. The van der Waals surface area contributed by atoms with Crippen LogP contribution in [0.15, 0.2) is 102 Å². The summed E-state index contributed by atoms with van der Waals surface area (Å²) in [6, 6.07) is 30.4. The number of amides is 1. The molecule has 1 amide bonds. The predicted molar refractivity (Wildman–Crippen MR) is 122 cm³/mol. The summed E-state index contributed by atoms with van der Waals surface area (Å²) in [6.45, 7) is 0. The van der Waals surface area contributed by atoms with Crippen LogP contribution >= 0.6 is 0 Å². The van der Waals surface area contributed by atoms with Gasteiger partial charge >= 0.3 is 0 Å². The van der Waals surface area contributed by atoms with E-state index in [0.717, 1.165) is 34.4 Å². The summed E-state index contributed by atoms with van der Waals surface area (Å²) in [6.07, 6.45) is 4.11. The van der Waals surface area contributed by atoms with Crippen molar-refractivity contribution in [3.63, 3.8) is 0 Å². The molecule has 1 aliphatic rings. The summed E-state index contributed by atoms with van der Waals surface area (Å²) in [4.78, 5) is 13.0. The first-order chi connectivity index (χ1) is 15.3. The third-order valence-corrected chi connectivity index (χ3v) is 5.96. The van der Waals surface area contributed by atoms with Crippen molar-refractivity contribution in [2.24, 2.45) is 11.0 Å². The number of nitrogens with one attached hydrogen (secondary N) is 2. The molecule has 1 saturated carbocycles. The van der Waals surface area contributed by atoms with Crippen LogP contribution in [-0.4, -0.2) is 22.3 Å². The highest BCUT2D eigenvalue weighted by atomic mass is 16.2. The van der Waals surface area contributed by atoms with Crippen LogP contribution in [0.4, 0.5) is 0 Å². The van der Waals surface area contributed by atoms with E-state index in [1.165, 1.54) is 0 Å². The average Bonchev–Trinajstić information content (AvgIpc) is 3.44. The molecule has 1 fully saturated rings. The topological polar surface area (TPSA) is 70.1 Å². The third kappa shape index (κ3) is 3.55. The first-order valence-electron chi connectivity index (χ1n) is 10.3. The van der Waals surface area contributed by atoms with Crippen LogP contribution < -0.4 is 5.43 Å². The van der Waals surface area contributed by atoms with Gasteiger partial charge in [-0.2, -0.15) is 10.2 Å². The fourth-order valence-electron chi connectivity index (χ4n) is 4.33. The largest absolute Gasteiger partial charge is 0.277 e. The Morgan fingerprint density at radius 2 is 1.52 bits per heavy atom. The SMILES string of the molecule is O=C(N/N=C\c1cn[nH]c1-c1ccccc1)C1CC1(c1ccccc1)c1ccccc1. The van der Waals surface area contributed by atoms with Crippen molar-refractivity contribution >= 4 is 12.1 Å². The maximum atomic E-state index is 13.0. The van der Waals surface area contributed by atoms with Gasteiger partial charge in [-0.25, -0.2) is 5.43 Å². The smallest absolute Gasteiger partial charge is 0.244 e. The lowest BCUT2D eigenvalue weighted by Gasteiger charge is -2.18. The van der Waals surface area contributed by atoms with Crippen molar-refractivity contribution in [2.75, 3.05) is 0 Å². The van der Waals surface area contributed by atoms with Gasteiger partial charge in [-0.05, 0) is 17.5 Å². The van der Waals surface area contributed by atoms with E-state index in [4.69, 9.17) is 0 Å². The fraction of sp³-hybridized carbons (Fsp3) is 0.115. The van der Waals surface area contributed by atoms with Crippen molar-refractivity contribution in [1.29, 1.82) is 0 Å². The van der Waals surface area contributed by atoms with Gasteiger partial charge in [-0.3, -0.25) is 9.89 Å². The number of hydrogen-bond donors (Lipinski definition) is 2. The van der Waals surface area contributed by atoms with Crippen molar-refractivity contribution < 1.29 is 4.79 Å². The Morgan fingerprint density at radius 3 is 2.13 bits per heavy atom. The van der Waals surface area contributed by atoms with Crippen LogP contribution in [0.5, 0.6) is 0 Å². The Hall–Kier alpha value is -3.99. The van der Waals surface area contributed by atoms with Crippen LogP contribution in [0.2, 0.25) is 0 Å². The molecule has 1 unspecified atom stereocenters. The van der Waals surface area contributed by atoms with Gasteiger partial charge in [0.05, 0.1) is 24.0 Å². The Bertz CT molecular complexity index is 1160. The number of benzene rings is 3. The van der Waals surface area contributed by atoms with Gasteiger partial charge in [-0.15, -0.1) is 0 Å². The molecule has 0 aliphatic heterocycles. The van der Waals surface area contributed by atoms with Crippen LogP contribution in [0.1, 0.15) is 23.1 Å². The highest BCUT2D eigenvalue weighted by Gasteiger charge is 2.60. The zero-order valence-electron chi connectivity index (χ0n) is 16.9. The lowest BCUT2D eigenvalue weighted by Crippen LogP contribution is -2.25. The average molecular weight is 406 g/mol. The Balaban J connectivity index is 1.35. The van der Waals surface area contributed by atoms with E-state index in [-0.39, 0.29) is 17.2 Å². The van der Waals surface area contributed by atoms with E-state index >= 15 is 0 Å². The molecule has 1 aliphatic carbocycles. The van der Waals surface area contributed by atoms with Gasteiger partial charge < -0.3 is 0 Å². The minimum absolute atomic E-state index is 0.0753. The van der Waals surface area contributed by atoms with Crippen LogP contribution in [-0.2, 0) is 10.2 Å². The Labute approximate surface area is 180 Å². The molecule has 1 aromatic heterocycles. The first kappa shape index (κ1) is 19.0. The molecule has 2 N–H and O–H groups in total. The van der Waals surface area contributed by atoms with Crippen LogP contribution in [0, 0.1) is 5.92 Å². The fourth-order valence-corrected chi connectivity index (χ4v) is 4.33. The zero-order chi connectivity index (χ0) is 21.1. The van der Waals surface area contributed by atoms with Gasteiger partial charge in [0.15, 0.2) is 0 Å². The number of hydrogen-bond acceptors (Lipinski definition) is 3. The molecule has 5 nitrogen and oxygen atoms in total. The van der Waals surface area contributed by atoms with Gasteiger partial charge in [0, 0.05) is 16.5 Å². The van der Waals surface area contributed by atoms with Crippen molar-refractivity contribution in [3.05, 3.63) is 114 Å². The number of nitrogens with zero attached hydrogens (tertiary/aromatic N) is 2. The van der Waals surface area contributed by atoms with Gasteiger partial charge in [0.25, 0.3) is 0 Å². The quantitative estimate of drug-likeness (QED) is 0.365. The Morgan fingerprint density at radius 1 is 0.935 bits per heavy atom. The van der Waals surface area contributed by atoms with E-state index in [1.807, 2.05) is 66.7 Å². The molecule has 1 atom stereocenters. The second-order valence-corrected chi connectivity index (χ2v) is 7.76. The molecule has 4 aromatic rings. The summed E-state index contributed by atoms with van der Waals surface area (Å²) >= 11 is 0. The number of hydrazone groups is 1. The molecule has 3 aromatic carbocycles. The maximum absolute atomic E-state index is 13.0. The molecule has 1 heterocycles. The summed E-state index contributed by atoms with van der Waals surface area (Å²) in [5.41, 5.74) is 7.47. The minimum atomic E-state index is -0.299. The highest BCUT2D eigenvalue weighted by molar-refractivity contribution is 5.90. The molecular weight excluding hydrogens is 384 g/mol. The molecule has 0 bridgehead atoms. The minimum Gasteiger partial charge on any atom is -0.277 e. The highest BCUT2D eigenvalue weighted by Crippen LogP contribution is 2.58. The number of carbonyl (C=O) groups excluding carboxylic acids is 1. The number of aromatic amines is 1. The summed E-state index contributed by atoms with van der Waals surface area (Å²) in [7, 11) is 0. The lowest BCUT2D eigenvalue weighted by atomic mass is 9.85. The molecule has 5 heteroatoms. The zero-order valence-corrected chi connectivity index (χ0v) is 16.9. The lowest BCUT2D eigenvalue weighted by molar-refractivity contribution is -0.122. The molecule has 0 spiro atoms. The van der Waals surface area contributed by atoms with Gasteiger partial charge in [0.2, 0.25) is 5.91 Å². The van der Waals surface area contributed by atoms with Crippen molar-refractivity contribution in [2.45, 2.75) is 11.8 Å². The predicted octanol–water partition coefficient (Wildman–Crippen LogP) is 4.53. The van der Waals surface area contributed by atoms with E-state index in [1.54, 1.807) is 12.4 Å². The third-order valence-electron chi connectivity index (χ3n) is 5.96. The number of rotatable bonds is 6. The summed E-state index contributed by atoms with van der Waals surface area (Å²) < 4.78 is 0. The van der Waals surface area contributed by atoms with E-state index in [0.29, 0.717) is 0 Å². The molecule has 5 rings (SSSR count). The van der Waals surface area contributed by atoms with E-state index < -0.39 is 0 Å². The van der Waals surface area contributed by atoms with Crippen molar-refractivity contribution in [1.82, 2.24) is 15.6 Å². The van der Waals surface area contributed by atoms with Gasteiger partial charge in [-0.1, -0.05) is 91.0 Å². The first-order valence-corrected chi connectivity index (χ1v) is 10.3. The number of H-pyrrole nitrogens is 1. The second-order valence-electron chi connectivity index (χ2n) is 7.76. The molecule has 0 radical (unpaired) electrons. The molecular formula is C26H22N4O. The molecule has 152 valence electrons. The van der Waals surface area contributed by atoms with Crippen molar-refractivity contribution in [3.8, 4) is 11.3 Å². The Kier molecular flexibility index (Phi) is 4.92. The number of aromatic nitrogens is 2. The monoisotopic (exact) mass is 406 g/mol. The summed E-state index contributed by atoms with van der Waals surface area (Å²) in [5.74, 6) is -0.235. The van der Waals surface area contributed by atoms with E-state index in [9.17, 15) is 4.79 Å². The molecule has 0 saturated heterocycles. The molecule has 31 heavy (non-hydrogen) atoms. The normalized spacial score (nSPS) is 16.8. The standard InChI is InChI=1S/C26H22N4O/c31-25(30-28-18-20-17-27-29-24(20)19-10-4-1-5-11-19)23-16-26(23,21-12-6-2-7-13-21)22-14-8-3-9-15-22/h1-15,17-18,23H,16H2,(H,27,29)(H,30,31)/b28-18-. The summed E-state index contributed by atoms with van der Waals surface area (Å²) in [5, 5.41) is 11.3. The maximum Gasteiger partial charge on any atom is 0.244 e. The second kappa shape index (κ2) is 8.03. The van der Waals surface area contributed by atoms with Gasteiger partial charge in [0.1, 0.15) is 0 Å². The van der Waals surface area contributed by atoms with E-state index in [2.05, 4.69) is 45.0 Å².